The van der Waals surface area contributed by atoms with E-state index in [9.17, 15) is 9.67 Å². The lowest BCUT2D eigenvalue weighted by atomic mass is 10.1. The summed E-state index contributed by atoms with van der Waals surface area (Å²) in [4.78, 5) is 0. The molecule has 0 unspecified atom stereocenters. The molecule has 126 valence electrons. The first-order valence-corrected chi connectivity index (χ1v) is 10.0. The molecule has 0 atom stereocenters. The first-order valence-electron chi connectivity index (χ1n) is 8.24. The van der Waals surface area contributed by atoms with Gasteiger partial charge in [0, 0.05) is 10.6 Å². The van der Waals surface area contributed by atoms with Gasteiger partial charge < -0.3 is 9.67 Å². The van der Waals surface area contributed by atoms with Gasteiger partial charge in [0.1, 0.15) is 0 Å². The largest absolute Gasteiger partial charge is 0.392 e. The van der Waals surface area contributed by atoms with E-state index in [0.29, 0.717) is 5.57 Å². The van der Waals surface area contributed by atoms with Crippen molar-refractivity contribution in [2.45, 2.75) is 6.92 Å². The number of rotatable bonds is 5. The fourth-order valence-electron chi connectivity index (χ4n) is 2.79. The Kier molecular flexibility index (Phi) is 5.33. The summed E-state index contributed by atoms with van der Waals surface area (Å²) < 4.78 is 14.0. The molecule has 0 bridgehead atoms. The highest BCUT2D eigenvalue weighted by Crippen LogP contribution is 2.47. The Bertz CT molecular complexity index is 854. The first kappa shape index (κ1) is 17.4. The molecule has 0 aliphatic carbocycles. The molecule has 2 nitrogen and oxygen atoms in total. The van der Waals surface area contributed by atoms with Crippen LogP contribution in [-0.4, -0.2) is 11.7 Å². The second-order valence-corrected chi connectivity index (χ2v) is 8.61. The molecule has 0 radical (unpaired) electrons. The van der Waals surface area contributed by atoms with Crippen LogP contribution in [0, 0.1) is 6.92 Å². The average molecular weight is 348 g/mol. The van der Waals surface area contributed by atoms with Gasteiger partial charge in [0.2, 0.25) is 0 Å². The average Bonchev–Trinajstić information content (AvgIpc) is 2.68. The summed E-state index contributed by atoms with van der Waals surface area (Å²) in [5.41, 5.74) is 2.71. The topological polar surface area (TPSA) is 37.3 Å². The zero-order valence-corrected chi connectivity index (χ0v) is 15.1. The maximum absolute atomic E-state index is 14.0. The van der Waals surface area contributed by atoms with E-state index >= 15 is 0 Å². The second kappa shape index (κ2) is 7.65. The highest BCUT2D eigenvalue weighted by Gasteiger charge is 2.25. The van der Waals surface area contributed by atoms with Crippen molar-refractivity contribution in [2.24, 2.45) is 0 Å². The number of aliphatic hydroxyl groups excluding tert-OH is 1. The molecular formula is C22H21O2P. The highest BCUT2D eigenvalue weighted by molar-refractivity contribution is 7.81. The van der Waals surface area contributed by atoms with Gasteiger partial charge in [-0.15, -0.1) is 0 Å². The molecule has 0 saturated carbocycles. The summed E-state index contributed by atoms with van der Waals surface area (Å²) in [6.07, 6.45) is 0. The van der Waals surface area contributed by atoms with E-state index in [2.05, 4.69) is 0 Å². The van der Waals surface area contributed by atoms with Gasteiger partial charge in [-0.05, 0) is 23.9 Å². The van der Waals surface area contributed by atoms with E-state index in [-0.39, 0.29) is 6.61 Å². The molecule has 0 heterocycles. The predicted molar refractivity (Wildman–Crippen MR) is 106 cm³/mol. The first-order chi connectivity index (χ1) is 12.1. The van der Waals surface area contributed by atoms with Crippen molar-refractivity contribution >= 4 is 23.3 Å². The van der Waals surface area contributed by atoms with Crippen molar-refractivity contribution in [3.8, 4) is 0 Å². The monoisotopic (exact) mass is 348 g/mol. The van der Waals surface area contributed by atoms with E-state index in [0.717, 1.165) is 21.7 Å². The van der Waals surface area contributed by atoms with Crippen LogP contribution in [-0.2, 0) is 4.57 Å². The third-order valence-corrected chi connectivity index (χ3v) is 7.02. The minimum absolute atomic E-state index is 0.160. The highest BCUT2D eigenvalue weighted by atomic mass is 31.2. The van der Waals surface area contributed by atoms with Gasteiger partial charge in [-0.25, -0.2) is 0 Å². The molecule has 3 heteroatoms. The van der Waals surface area contributed by atoms with E-state index in [1.807, 2.05) is 91.9 Å². The summed E-state index contributed by atoms with van der Waals surface area (Å²) in [5.74, 6) is 1.75. The third kappa shape index (κ3) is 3.82. The zero-order valence-electron chi connectivity index (χ0n) is 14.2. The summed E-state index contributed by atoms with van der Waals surface area (Å²) in [6, 6.07) is 26.8. The Morgan fingerprint density at radius 2 is 1.32 bits per heavy atom. The van der Waals surface area contributed by atoms with Crippen molar-refractivity contribution in [3.63, 3.8) is 0 Å². The number of aryl methyl sites for hydroxylation is 1. The third-order valence-electron chi connectivity index (χ3n) is 4.21. The van der Waals surface area contributed by atoms with Crippen LogP contribution in [0.3, 0.4) is 0 Å². The van der Waals surface area contributed by atoms with Gasteiger partial charge in [-0.1, -0.05) is 90.5 Å². The second-order valence-electron chi connectivity index (χ2n) is 6.01. The van der Waals surface area contributed by atoms with Crippen LogP contribution in [0.15, 0.2) is 90.7 Å². The lowest BCUT2D eigenvalue weighted by Gasteiger charge is -2.17. The maximum atomic E-state index is 14.0. The minimum atomic E-state index is -3.00. The van der Waals surface area contributed by atoms with Crippen molar-refractivity contribution in [3.05, 3.63) is 102 Å². The summed E-state index contributed by atoms with van der Waals surface area (Å²) in [6.45, 7) is 1.86. The Hall–Kier alpha value is -2.41. The smallest absolute Gasteiger partial charge is 0.164 e. The molecule has 0 aromatic heterocycles. The van der Waals surface area contributed by atoms with E-state index < -0.39 is 7.14 Å². The lowest BCUT2D eigenvalue weighted by Crippen LogP contribution is -2.14. The molecule has 25 heavy (non-hydrogen) atoms. The molecule has 3 aromatic carbocycles. The normalized spacial score (nSPS) is 12.2. The van der Waals surface area contributed by atoms with Gasteiger partial charge in [-0.3, -0.25) is 0 Å². The quantitative estimate of drug-likeness (QED) is 0.697. The molecule has 0 saturated heterocycles. The number of hydrogen-bond donors (Lipinski definition) is 1. The van der Waals surface area contributed by atoms with Crippen LogP contribution in [0.2, 0.25) is 0 Å². The molecule has 0 aliphatic heterocycles. The summed E-state index contributed by atoms with van der Waals surface area (Å²) in [5, 5.41) is 11.4. The molecule has 0 spiro atoms. The van der Waals surface area contributed by atoms with Crippen LogP contribution < -0.4 is 10.6 Å². The van der Waals surface area contributed by atoms with Crippen LogP contribution in [0.4, 0.5) is 0 Å². The van der Waals surface area contributed by atoms with Crippen molar-refractivity contribution in [2.75, 3.05) is 6.61 Å². The summed E-state index contributed by atoms with van der Waals surface area (Å²) >= 11 is 0. The molecular weight excluding hydrogens is 327 g/mol. The van der Waals surface area contributed by atoms with Crippen LogP contribution in [0.1, 0.15) is 11.1 Å². The van der Waals surface area contributed by atoms with Gasteiger partial charge in [-0.2, -0.15) is 0 Å². The fourth-order valence-corrected chi connectivity index (χ4v) is 5.29. The van der Waals surface area contributed by atoms with Gasteiger partial charge in [0.15, 0.2) is 7.14 Å². The fraction of sp³-hybridized carbons (Fsp3) is 0.0909. The Balaban J connectivity index is 2.18. The number of benzene rings is 3. The maximum Gasteiger partial charge on any atom is 0.164 e. The van der Waals surface area contributed by atoms with Crippen LogP contribution in [0.25, 0.3) is 5.57 Å². The van der Waals surface area contributed by atoms with Crippen molar-refractivity contribution in [1.29, 1.82) is 0 Å². The Morgan fingerprint density at radius 3 is 1.76 bits per heavy atom. The van der Waals surface area contributed by atoms with E-state index in [1.165, 1.54) is 0 Å². The minimum Gasteiger partial charge on any atom is -0.392 e. The van der Waals surface area contributed by atoms with Crippen molar-refractivity contribution in [1.82, 2.24) is 0 Å². The molecule has 0 fully saturated rings. The molecule has 1 N–H and O–H groups in total. The Morgan fingerprint density at radius 1 is 0.840 bits per heavy atom. The van der Waals surface area contributed by atoms with Crippen molar-refractivity contribution < 1.29 is 9.67 Å². The molecule has 3 rings (SSSR count). The molecule has 0 aliphatic rings. The van der Waals surface area contributed by atoms with Crippen LogP contribution >= 0.6 is 7.14 Å². The number of aliphatic hydroxyl groups is 1. The predicted octanol–water partition coefficient (Wildman–Crippen LogP) is 4.34. The Labute approximate surface area is 148 Å². The van der Waals surface area contributed by atoms with Crippen LogP contribution in [0.5, 0.6) is 0 Å². The van der Waals surface area contributed by atoms with Gasteiger partial charge in [0.25, 0.3) is 0 Å². The number of hydrogen-bond acceptors (Lipinski definition) is 2. The molecule has 0 amide bonds. The van der Waals surface area contributed by atoms with E-state index in [1.54, 1.807) is 5.82 Å². The summed E-state index contributed by atoms with van der Waals surface area (Å²) in [7, 11) is -3.00. The lowest BCUT2D eigenvalue weighted by molar-refractivity contribution is 0.350. The van der Waals surface area contributed by atoms with Gasteiger partial charge in [0.05, 0.1) is 6.61 Å². The van der Waals surface area contributed by atoms with E-state index in [4.69, 9.17) is 0 Å². The zero-order chi connectivity index (χ0) is 17.7. The standard InChI is InChI=1S/C22H21O2P/c1-18-12-14-19(15-13-18)20(16-23)17-25(24,21-8-4-2-5-9-21)22-10-6-3-7-11-22/h2-15,17,23H,16H2,1H3/b20-17+. The van der Waals surface area contributed by atoms with Gasteiger partial charge >= 0.3 is 0 Å². The molecule has 3 aromatic rings. The SMILES string of the molecule is Cc1ccc(/C(=C/P(=O)(c2ccccc2)c2ccccc2)CO)cc1.